The summed E-state index contributed by atoms with van der Waals surface area (Å²) in [5.41, 5.74) is 1.67. The van der Waals surface area contributed by atoms with Crippen molar-refractivity contribution in [2.24, 2.45) is 0 Å². The zero-order valence-corrected chi connectivity index (χ0v) is 12.8. The van der Waals surface area contributed by atoms with Gasteiger partial charge in [0, 0.05) is 5.69 Å². The lowest BCUT2D eigenvalue weighted by Crippen LogP contribution is -2.30. The highest BCUT2D eigenvalue weighted by molar-refractivity contribution is 5.97. The van der Waals surface area contributed by atoms with E-state index in [1.165, 1.54) is 31.2 Å². The number of hydrogen-bond acceptors (Lipinski definition) is 5. The summed E-state index contributed by atoms with van der Waals surface area (Å²) < 4.78 is 5.10. The minimum absolute atomic E-state index is 0.257. The lowest BCUT2D eigenvalue weighted by atomic mass is 10.1. The minimum atomic E-state index is -0.996. The molecule has 1 amide bonds. The third-order valence-corrected chi connectivity index (χ3v) is 3.18. The highest BCUT2D eigenvalue weighted by Gasteiger charge is 2.19. The van der Waals surface area contributed by atoms with E-state index in [2.05, 4.69) is 5.32 Å². The summed E-state index contributed by atoms with van der Waals surface area (Å²) in [5.74, 6) is -1.14. The van der Waals surface area contributed by atoms with Crippen LogP contribution in [0.3, 0.4) is 0 Å². The third-order valence-electron chi connectivity index (χ3n) is 3.18. The van der Waals surface area contributed by atoms with Gasteiger partial charge in [-0.1, -0.05) is 0 Å². The van der Waals surface area contributed by atoms with E-state index in [4.69, 9.17) is 15.3 Å². The first-order chi connectivity index (χ1) is 11.5. The van der Waals surface area contributed by atoms with Gasteiger partial charge in [0.2, 0.25) is 0 Å². The fourth-order valence-electron chi connectivity index (χ4n) is 1.83. The van der Waals surface area contributed by atoms with Crippen LogP contribution in [0.1, 0.15) is 28.4 Å². The Bertz CT molecular complexity index is 828. The Morgan fingerprint density at radius 2 is 1.46 bits per heavy atom. The number of amides is 1. The average molecular weight is 319 g/mol. The van der Waals surface area contributed by atoms with Gasteiger partial charge in [0.25, 0.3) is 5.91 Å². The minimum Gasteiger partial charge on any atom is -0.449 e. The van der Waals surface area contributed by atoms with E-state index < -0.39 is 18.0 Å². The number of nitriles is 2. The number of rotatable bonds is 4. The van der Waals surface area contributed by atoms with Crippen molar-refractivity contribution >= 4 is 17.6 Å². The van der Waals surface area contributed by atoms with Crippen molar-refractivity contribution in [2.45, 2.75) is 13.0 Å². The second kappa shape index (κ2) is 7.57. The Labute approximate surface area is 138 Å². The molecule has 2 aromatic rings. The van der Waals surface area contributed by atoms with Crippen molar-refractivity contribution < 1.29 is 14.3 Å². The fraction of sp³-hybridized carbons (Fsp3) is 0.111. The maximum Gasteiger partial charge on any atom is 0.338 e. The van der Waals surface area contributed by atoms with Gasteiger partial charge in [0.05, 0.1) is 28.8 Å². The number of carbonyl (C=O) groups excluding carboxylic acids is 2. The summed E-state index contributed by atoms with van der Waals surface area (Å²) in [6.45, 7) is 1.46. The van der Waals surface area contributed by atoms with Gasteiger partial charge in [-0.05, 0) is 55.5 Å². The fourth-order valence-corrected chi connectivity index (χ4v) is 1.83. The molecule has 0 saturated carbocycles. The Morgan fingerprint density at radius 1 is 0.958 bits per heavy atom. The van der Waals surface area contributed by atoms with Crippen molar-refractivity contribution in [1.29, 1.82) is 10.5 Å². The van der Waals surface area contributed by atoms with Crippen molar-refractivity contribution in [2.75, 3.05) is 5.32 Å². The zero-order valence-electron chi connectivity index (χ0n) is 12.8. The molecule has 2 rings (SSSR count). The van der Waals surface area contributed by atoms with Crippen molar-refractivity contribution in [1.82, 2.24) is 0 Å². The van der Waals surface area contributed by atoms with Crippen LogP contribution in [-0.2, 0) is 9.53 Å². The lowest BCUT2D eigenvalue weighted by molar-refractivity contribution is -0.123. The summed E-state index contributed by atoms with van der Waals surface area (Å²) in [5, 5.41) is 20.0. The van der Waals surface area contributed by atoms with Crippen LogP contribution in [0.2, 0.25) is 0 Å². The van der Waals surface area contributed by atoms with E-state index in [9.17, 15) is 9.59 Å². The number of anilines is 1. The zero-order chi connectivity index (χ0) is 17.5. The van der Waals surface area contributed by atoms with Gasteiger partial charge >= 0.3 is 5.97 Å². The number of esters is 1. The number of hydrogen-bond donors (Lipinski definition) is 1. The molecular weight excluding hydrogens is 306 g/mol. The summed E-state index contributed by atoms with van der Waals surface area (Å²) in [4.78, 5) is 24.0. The van der Waals surface area contributed by atoms with Crippen LogP contribution >= 0.6 is 0 Å². The molecule has 0 saturated heterocycles. The van der Waals surface area contributed by atoms with E-state index in [1.807, 2.05) is 12.1 Å². The first-order valence-electron chi connectivity index (χ1n) is 7.05. The number of ether oxygens (including phenoxy) is 1. The van der Waals surface area contributed by atoms with Crippen LogP contribution in [-0.4, -0.2) is 18.0 Å². The van der Waals surface area contributed by atoms with Gasteiger partial charge in [-0.15, -0.1) is 0 Å². The molecule has 1 atom stereocenters. The summed E-state index contributed by atoms with van der Waals surface area (Å²) in [7, 11) is 0. The number of nitrogens with zero attached hydrogens (tertiary/aromatic N) is 2. The van der Waals surface area contributed by atoms with Gasteiger partial charge in [0.15, 0.2) is 6.10 Å². The van der Waals surface area contributed by atoms with Crippen LogP contribution < -0.4 is 5.32 Å². The molecule has 6 nitrogen and oxygen atoms in total. The molecule has 6 heteroatoms. The largest absolute Gasteiger partial charge is 0.449 e. The Kier molecular flexibility index (Phi) is 5.28. The Morgan fingerprint density at radius 3 is 1.96 bits per heavy atom. The van der Waals surface area contributed by atoms with Gasteiger partial charge in [-0.2, -0.15) is 10.5 Å². The SMILES string of the molecule is C[C@H](OC(=O)c1ccc(C#N)cc1)C(=O)Nc1ccc(C#N)cc1. The van der Waals surface area contributed by atoms with Crippen LogP contribution in [0.5, 0.6) is 0 Å². The molecule has 0 aliphatic carbocycles. The summed E-state index contributed by atoms with van der Waals surface area (Å²) in [6.07, 6.45) is -0.996. The normalized spacial score (nSPS) is 10.8. The van der Waals surface area contributed by atoms with Crippen LogP contribution in [0.25, 0.3) is 0 Å². The second-order valence-electron chi connectivity index (χ2n) is 4.92. The van der Waals surface area contributed by atoms with Crippen LogP contribution in [0, 0.1) is 22.7 Å². The maximum atomic E-state index is 12.0. The molecule has 0 fully saturated rings. The van der Waals surface area contributed by atoms with Gasteiger partial charge in [-0.3, -0.25) is 4.79 Å². The molecular formula is C18H13N3O3. The highest BCUT2D eigenvalue weighted by Crippen LogP contribution is 2.11. The molecule has 0 radical (unpaired) electrons. The number of nitrogens with one attached hydrogen (secondary N) is 1. The molecule has 118 valence electrons. The Balaban J connectivity index is 1.96. The van der Waals surface area contributed by atoms with E-state index >= 15 is 0 Å². The van der Waals surface area contributed by atoms with E-state index in [1.54, 1.807) is 24.3 Å². The van der Waals surface area contributed by atoms with E-state index in [0.29, 0.717) is 16.8 Å². The topological polar surface area (TPSA) is 103 Å². The molecule has 0 unspecified atom stereocenters. The molecule has 0 spiro atoms. The summed E-state index contributed by atoms with van der Waals surface area (Å²) in [6, 6.07) is 16.2. The molecule has 0 aromatic heterocycles. The van der Waals surface area contributed by atoms with Crippen molar-refractivity contribution in [3.8, 4) is 12.1 Å². The van der Waals surface area contributed by atoms with Crippen molar-refractivity contribution in [3.05, 3.63) is 65.2 Å². The predicted octanol–water partition coefficient (Wildman–Crippen LogP) is 2.61. The third kappa shape index (κ3) is 4.19. The monoisotopic (exact) mass is 319 g/mol. The highest BCUT2D eigenvalue weighted by atomic mass is 16.5. The van der Waals surface area contributed by atoms with Crippen LogP contribution in [0.4, 0.5) is 5.69 Å². The molecule has 24 heavy (non-hydrogen) atoms. The smallest absolute Gasteiger partial charge is 0.338 e. The van der Waals surface area contributed by atoms with Crippen molar-refractivity contribution in [3.63, 3.8) is 0 Å². The van der Waals surface area contributed by atoms with Gasteiger partial charge < -0.3 is 10.1 Å². The van der Waals surface area contributed by atoms with Gasteiger partial charge in [0.1, 0.15) is 0 Å². The first kappa shape index (κ1) is 16.7. The molecule has 0 bridgehead atoms. The molecule has 0 aliphatic heterocycles. The molecule has 1 N–H and O–H groups in total. The van der Waals surface area contributed by atoms with Gasteiger partial charge in [-0.25, -0.2) is 4.79 Å². The lowest BCUT2D eigenvalue weighted by Gasteiger charge is -2.13. The molecule has 0 heterocycles. The maximum absolute atomic E-state index is 12.0. The van der Waals surface area contributed by atoms with E-state index in [0.717, 1.165) is 0 Å². The second-order valence-corrected chi connectivity index (χ2v) is 4.92. The number of benzene rings is 2. The predicted molar refractivity (Wildman–Crippen MR) is 85.8 cm³/mol. The molecule has 0 aliphatic rings. The summed E-state index contributed by atoms with van der Waals surface area (Å²) >= 11 is 0. The first-order valence-corrected chi connectivity index (χ1v) is 7.05. The molecule has 2 aromatic carbocycles. The standard InChI is InChI=1S/C18H13N3O3/c1-12(17(22)21-16-8-4-14(11-20)5-9-16)24-18(23)15-6-2-13(10-19)3-7-15/h2-9,12H,1H3,(H,21,22)/t12-/m0/s1. The quantitative estimate of drug-likeness (QED) is 0.872. The van der Waals surface area contributed by atoms with Crippen LogP contribution in [0.15, 0.2) is 48.5 Å². The van der Waals surface area contributed by atoms with E-state index in [-0.39, 0.29) is 5.56 Å². The average Bonchev–Trinajstić information content (AvgIpc) is 2.62. The Hall–Kier alpha value is -3.64. The number of carbonyl (C=O) groups is 2.